The monoisotopic (exact) mass is 382 g/mol. The van der Waals surface area contributed by atoms with E-state index in [1.165, 1.54) is 0 Å². The van der Waals surface area contributed by atoms with Crippen LogP contribution < -0.4 is 0 Å². The number of ketones is 1. The van der Waals surface area contributed by atoms with Crippen LogP contribution in [0.25, 0.3) is 0 Å². The lowest BCUT2D eigenvalue weighted by molar-refractivity contribution is -0.166. The molecule has 0 bridgehead atoms. The third-order valence-electron chi connectivity index (χ3n) is 4.50. The van der Waals surface area contributed by atoms with Crippen LogP contribution in [0.4, 0.5) is 0 Å². The number of Topliss-reactive ketones (excluding diaryl/α,β-unsaturated/α-hetero) is 1. The van der Waals surface area contributed by atoms with Gasteiger partial charge < -0.3 is 14.2 Å². The van der Waals surface area contributed by atoms with Crippen molar-refractivity contribution in [3.8, 4) is 0 Å². The summed E-state index contributed by atoms with van der Waals surface area (Å²) < 4.78 is 15.3. The van der Waals surface area contributed by atoms with Gasteiger partial charge in [-0.15, -0.1) is 0 Å². The Balaban J connectivity index is 2.48. The largest absolute Gasteiger partial charge is 0.465 e. The first kappa shape index (κ1) is 20.4. The number of carbonyl (C=O) groups is 3. The fraction of sp³-hybridized carbons (Fsp3) is 0.526. The highest BCUT2D eigenvalue weighted by Crippen LogP contribution is 2.39. The van der Waals surface area contributed by atoms with Crippen LogP contribution >= 0.6 is 11.6 Å². The van der Waals surface area contributed by atoms with E-state index in [1.54, 1.807) is 38.1 Å². The maximum atomic E-state index is 13.5. The summed E-state index contributed by atoms with van der Waals surface area (Å²) in [6.07, 6.45) is 0.697. The molecule has 6 nitrogen and oxygen atoms in total. The van der Waals surface area contributed by atoms with Crippen LogP contribution in [0.1, 0.15) is 32.3 Å². The van der Waals surface area contributed by atoms with Crippen molar-refractivity contribution in [2.75, 3.05) is 26.4 Å². The zero-order chi connectivity index (χ0) is 19.2. The number of rotatable bonds is 7. The third kappa shape index (κ3) is 4.24. The van der Waals surface area contributed by atoms with E-state index in [2.05, 4.69) is 0 Å². The number of hydrogen-bond donors (Lipinski definition) is 0. The zero-order valence-electron chi connectivity index (χ0n) is 15.0. The standard InChI is InChI=1S/C19H23ClO6/c1-3-25-17(22)15(18(23)26-4-2)16(21)19(8-10-24-11-9-19)13-6-5-7-14(20)12-13/h5-7,12,15H,3-4,8-11H2,1-2H3. The van der Waals surface area contributed by atoms with Crippen LogP contribution in [0.3, 0.4) is 0 Å². The Labute approximate surface area is 157 Å². The molecule has 0 saturated carbocycles. The van der Waals surface area contributed by atoms with E-state index in [4.69, 9.17) is 25.8 Å². The number of ether oxygens (including phenoxy) is 3. The number of hydrogen-bond acceptors (Lipinski definition) is 6. The van der Waals surface area contributed by atoms with E-state index in [-0.39, 0.29) is 13.2 Å². The molecule has 1 aliphatic rings. The maximum absolute atomic E-state index is 13.5. The number of carbonyl (C=O) groups excluding carboxylic acids is 3. The Morgan fingerprint density at radius 1 is 1.12 bits per heavy atom. The lowest BCUT2D eigenvalue weighted by atomic mass is 9.67. The molecule has 0 aromatic heterocycles. The lowest BCUT2D eigenvalue weighted by Crippen LogP contribution is -2.49. The molecule has 1 fully saturated rings. The average Bonchev–Trinajstić information content (AvgIpc) is 2.63. The van der Waals surface area contributed by atoms with Gasteiger partial charge in [-0.05, 0) is 44.4 Å². The molecule has 0 aliphatic carbocycles. The van der Waals surface area contributed by atoms with Gasteiger partial charge in [-0.2, -0.15) is 0 Å². The Bertz CT molecular complexity index is 648. The molecule has 0 spiro atoms. The molecule has 1 aliphatic heterocycles. The van der Waals surface area contributed by atoms with Gasteiger partial charge >= 0.3 is 11.9 Å². The second kappa shape index (κ2) is 9.14. The van der Waals surface area contributed by atoms with Gasteiger partial charge in [0.1, 0.15) is 0 Å². The van der Waals surface area contributed by atoms with Crippen molar-refractivity contribution in [1.29, 1.82) is 0 Å². The predicted molar refractivity (Wildman–Crippen MR) is 94.9 cm³/mol. The first-order valence-electron chi connectivity index (χ1n) is 8.67. The van der Waals surface area contributed by atoms with Crippen LogP contribution in [0, 0.1) is 5.92 Å². The molecule has 2 rings (SSSR count). The van der Waals surface area contributed by atoms with Gasteiger partial charge in [-0.1, -0.05) is 23.7 Å². The molecular formula is C19H23ClO6. The minimum Gasteiger partial charge on any atom is -0.465 e. The van der Waals surface area contributed by atoms with Crippen molar-refractivity contribution >= 4 is 29.3 Å². The normalized spacial score (nSPS) is 16.2. The number of esters is 2. The van der Waals surface area contributed by atoms with Gasteiger partial charge in [-0.25, -0.2) is 0 Å². The molecule has 0 radical (unpaired) electrons. The minimum absolute atomic E-state index is 0.0648. The highest BCUT2D eigenvalue weighted by atomic mass is 35.5. The Kier molecular flexibility index (Phi) is 7.17. The second-order valence-corrected chi connectivity index (χ2v) is 6.44. The maximum Gasteiger partial charge on any atom is 0.328 e. The molecule has 0 amide bonds. The van der Waals surface area contributed by atoms with Crippen LogP contribution in [-0.2, 0) is 34.0 Å². The highest BCUT2D eigenvalue weighted by molar-refractivity contribution is 6.30. The van der Waals surface area contributed by atoms with E-state index >= 15 is 0 Å². The minimum atomic E-state index is -1.62. The summed E-state index contributed by atoms with van der Waals surface area (Å²) in [7, 11) is 0. The first-order chi connectivity index (χ1) is 12.5. The molecule has 1 saturated heterocycles. The topological polar surface area (TPSA) is 78.9 Å². The van der Waals surface area contributed by atoms with Crippen molar-refractivity contribution in [2.24, 2.45) is 5.92 Å². The van der Waals surface area contributed by atoms with Gasteiger partial charge in [-0.3, -0.25) is 14.4 Å². The van der Waals surface area contributed by atoms with Crippen LogP contribution in [0.5, 0.6) is 0 Å². The van der Waals surface area contributed by atoms with Gasteiger partial charge in [0.2, 0.25) is 5.92 Å². The quantitative estimate of drug-likeness (QED) is 0.533. The SMILES string of the molecule is CCOC(=O)C(C(=O)OCC)C(=O)C1(c2cccc(Cl)c2)CCOCC1. The van der Waals surface area contributed by atoms with E-state index in [0.29, 0.717) is 36.6 Å². The molecule has 0 unspecified atom stereocenters. The highest BCUT2D eigenvalue weighted by Gasteiger charge is 2.50. The summed E-state index contributed by atoms with van der Waals surface area (Å²) in [5, 5.41) is 0.477. The van der Waals surface area contributed by atoms with E-state index in [0.717, 1.165) is 0 Å². The van der Waals surface area contributed by atoms with Gasteiger partial charge in [0.05, 0.1) is 18.6 Å². The Hall–Kier alpha value is -1.92. The average molecular weight is 383 g/mol. The smallest absolute Gasteiger partial charge is 0.328 e. The number of halogens is 1. The Morgan fingerprint density at radius 3 is 2.19 bits per heavy atom. The van der Waals surface area contributed by atoms with Crippen molar-refractivity contribution in [1.82, 2.24) is 0 Å². The summed E-state index contributed by atoms with van der Waals surface area (Å²) in [4.78, 5) is 38.2. The summed E-state index contributed by atoms with van der Waals surface area (Å²) in [6, 6.07) is 6.92. The molecule has 26 heavy (non-hydrogen) atoms. The zero-order valence-corrected chi connectivity index (χ0v) is 15.7. The summed E-state index contributed by atoms with van der Waals surface area (Å²) in [6.45, 7) is 4.05. The predicted octanol–water partition coefficient (Wildman–Crippen LogP) is 2.70. The molecule has 0 N–H and O–H groups in total. The molecule has 7 heteroatoms. The fourth-order valence-corrected chi connectivity index (χ4v) is 3.41. The van der Waals surface area contributed by atoms with Crippen molar-refractivity contribution in [3.63, 3.8) is 0 Å². The van der Waals surface area contributed by atoms with Crippen molar-refractivity contribution in [2.45, 2.75) is 32.1 Å². The fourth-order valence-electron chi connectivity index (χ4n) is 3.22. The van der Waals surface area contributed by atoms with Crippen molar-refractivity contribution < 1.29 is 28.6 Å². The van der Waals surface area contributed by atoms with Crippen LogP contribution in [0.15, 0.2) is 24.3 Å². The summed E-state index contributed by atoms with van der Waals surface area (Å²) >= 11 is 6.11. The molecule has 0 atom stereocenters. The molecule has 1 heterocycles. The first-order valence-corrected chi connectivity index (χ1v) is 9.05. The second-order valence-electron chi connectivity index (χ2n) is 6.01. The summed E-state index contributed by atoms with van der Waals surface area (Å²) in [5.74, 6) is -3.92. The van der Waals surface area contributed by atoms with Crippen LogP contribution in [-0.4, -0.2) is 44.1 Å². The van der Waals surface area contributed by atoms with E-state index in [1.807, 2.05) is 0 Å². The van der Waals surface area contributed by atoms with E-state index < -0.39 is 29.1 Å². The number of benzene rings is 1. The molecule has 1 aromatic rings. The lowest BCUT2D eigenvalue weighted by Gasteiger charge is -2.37. The van der Waals surface area contributed by atoms with Gasteiger partial charge in [0.25, 0.3) is 0 Å². The third-order valence-corrected chi connectivity index (χ3v) is 4.74. The Morgan fingerprint density at radius 2 is 1.69 bits per heavy atom. The van der Waals surface area contributed by atoms with Crippen molar-refractivity contribution in [3.05, 3.63) is 34.9 Å². The van der Waals surface area contributed by atoms with E-state index in [9.17, 15) is 14.4 Å². The summed E-state index contributed by atoms with van der Waals surface area (Å²) in [5.41, 5.74) is -0.384. The van der Waals surface area contributed by atoms with Crippen LogP contribution in [0.2, 0.25) is 5.02 Å². The van der Waals surface area contributed by atoms with Gasteiger partial charge in [0.15, 0.2) is 5.78 Å². The van der Waals surface area contributed by atoms with Gasteiger partial charge in [0, 0.05) is 18.2 Å². The molecule has 142 valence electrons. The molecule has 1 aromatic carbocycles. The molecular weight excluding hydrogens is 360 g/mol.